The van der Waals surface area contributed by atoms with Gasteiger partial charge in [-0.3, -0.25) is 9.59 Å². The minimum Gasteiger partial charge on any atom is -0.429 e. The monoisotopic (exact) mass is 471 g/mol. The predicted molar refractivity (Wildman–Crippen MR) is 124 cm³/mol. The Labute approximate surface area is 196 Å². The Balaban J connectivity index is 1.64. The number of hydrogen-bond acceptors (Lipinski definition) is 6. The normalized spacial score (nSPS) is 26.7. The Morgan fingerprint density at radius 2 is 1.84 bits per heavy atom. The molecule has 1 aromatic heterocycles. The van der Waals surface area contributed by atoms with Crippen molar-refractivity contribution in [2.75, 3.05) is 0 Å². The van der Waals surface area contributed by atoms with Crippen molar-refractivity contribution >= 4 is 40.3 Å². The van der Waals surface area contributed by atoms with Gasteiger partial charge in [0.15, 0.2) is 5.78 Å². The summed E-state index contributed by atoms with van der Waals surface area (Å²) in [6.45, 7) is 7.51. The lowest BCUT2D eigenvalue weighted by Crippen LogP contribution is -2.31. The number of benzene rings is 1. The van der Waals surface area contributed by atoms with Crippen LogP contribution in [0.3, 0.4) is 0 Å². The van der Waals surface area contributed by atoms with E-state index in [4.69, 9.17) is 26.1 Å². The second-order valence-electron chi connectivity index (χ2n) is 9.74. The number of halogens is 1. The van der Waals surface area contributed by atoms with Crippen LogP contribution >= 0.6 is 22.9 Å². The molecule has 5 rings (SSSR count). The molecule has 0 radical (unpaired) electrons. The second kappa shape index (κ2) is 7.79. The van der Waals surface area contributed by atoms with Crippen LogP contribution < -0.4 is 0 Å². The van der Waals surface area contributed by atoms with Gasteiger partial charge in [0.05, 0.1) is 40.7 Å². The fraction of sp³-hybridized carbons (Fsp3) is 0.480. The van der Waals surface area contributed by atoms with E-state index in [2.05, 4.69) is 6.92 Å². The summed E-state index contributed by atoms with van der Waals surface area (Å²) < 4.78 is 12.1. The van der Waals surface area contributed by atoms with Crippen LogP contribution in [0.2, 0.25) is 5.02 Å². The average Bonchev–Trinajstić information content (AvgIpc) is 3.50. The van der Waals surface area contributed by atoms with Crippen molar-refractivity contribution in [3.05, 3.63) is 45.6 Å². The topological polar surface area (TPSA) is 65.5 Å². The SMILES string of the molecule is CCc1sc(-c2ccc(Cl)cc2)nc1C1=C(OC(=O)C(C)(C)C)[C@@H]2[C@H](C1=O)[C@H]1CC[C@@H]2O1. The molecule has 0 amide bonds. The molecular weight excluding hydrogens is 446 g/mol. The Bertz CT molecular complexity index is 1130. The van der Waals surface area contributed by atoms with Crippen molar-refractivity contribution in [3.63, 3.8) is 0 Å². The van der Waals surface area contributed by atoms with Crippen LogP contribution in [0.5, 0.6) is 0 Å². The Kier molecular flexibility index (Phi) is 5.31. The maximum Gasteiger partial charge on any atom is 0.316 e. The highest BCUT2D eigenvalue weighted by Crippen LogP contribution is 2.55. The number of esters is 1. The fourth-order valence-corrected chi connectivity index (χ4v) is 6.05. The van der Waals surface area contributed by atoms with Crippen molar-refractivity contribution < 1.29 is 19.1 Å². The van der Waals surface area contributed by atoms with Crippen LogP contribution in [0, 0.1) is 17.3 Å². The first-order valence-corrected chi connectivity index (χ1v) is 12.3. The van der Waals surface area contributed by atoms with Crippen LogP contribution in [0.15, 0.2) is 30.0 Å². The van der Waals surface area contributed by atoms with Crippen LogP contribution in [-0.4, -0.2) is 28.9 Å². The molecule has 0 spiro atoms. The molecular formula is C25H26ClNO4S. The minimum atomic E-state index is -0.679. The highest BCUT2D eigenvalue weighted by Gasteiger charge is 2.60. The van der Waals surface area contributed by atoms with Gasteiger partial charge in [0, 0.05) is 15.5 Å². The third-order valence-electron chi connectivity index (χ3n) is 6.53. The van der Waals surface area contributed by atoms with E-state index in [-0.39, 0.29) is 35.8 Å². The second-order valence-corrected chi connectivity index (χ2v) is 11.3. The van der Waals surface area contributed by atoms with Crippen LogP contribution in [0.25, 0.3) is 16.1 Å². The van der Waals surface area contributed by atoms with Gasteiger partial charge in [-0.25, -0.2) is 4.98 Å². The quantitative estimate of drug-likeness (QED) is 0.535. The van der Waals surface area contributed by atoms with Crippen molar-refractivity contribution in [2.24, 2.45) is 17.3 Å². The number of allylic oxidation sites excluding steroid dienone is 1. The predicted octanol–water partition coefficient (Wildman–Crippen LogP) is 5.70. The molecule has 5 nitrogen and oxygen atoms in total. The number of hydrogen-bond donors (Lipinski definition) is 0. The number of aromatic nitrogens is 1. The highest BCUT2D eigenvalue weighted by molar-refractivity contribution is 7.15. The molecule has 0 N–H and O–H groups in total. The maximum atomic E-state index is 13.7. The van der Waals surface area contributed by atoms with E-state index in [0.29, 0.717) is 22.0 Å². The third kappa shape index (κ3) is 3.44. The van der Waals surface area contributed by atoms with E-state index < -0.39 is 5.41 Å². The molecule has 2 saturated heterocycles. The van der Waals surface area contributed by atoms with Crippen LogP contribution in [0.4, 0.5) is 0 Å². The van der Waals surface area contributed by atoms with E-state index in [9.17, 15) is 9.59 Å². The van der Waals surface area contributed by atoms with E-state index in [0.717, 1.165) is 34.7 Å². The van der Waals surface area contributed by atoms with Crippen molar-refractivity contribution in [3.8, 4) is 10.6 Å². The van der Waals surface area contributed by atoms with Gasteiger partial charge in [-0.15, -0.1) is 11.3 Å². The molecule has 0 unspecified atom stereocenters. The molecule has 0 saturated carbocycles. The molecule has 1 aliphatic carbocycles. The number of carbonyl (C=O) groups is 2. The van der Waals surface area contributed by atoms with E-state index in [1.165, 1.54) is 0 Å². The molecule has 1 aromatic carbocycles. The van der Waals surface area contributed by atoms with Gasteiger partial charge in [-0.05, 0) is 52.2 Å². The van der Waals surface area contributed by atoms with Gasteiger partial charge < -0.3 is 9.47 Å². The smallest absolute Gasteiger partial charge is 0.316 e. The lowest BCUT2D eigenvalue weighted by atomic mass is 9.80. The minimum absolute atomic E-state index is 0.00145. The fourth-order valence-electron chi connectivity index (χ4n) is 4.91. The van der Waals surface area contributed by atoms with E-state index >= 15 is 0 Å². The Morgan fingerprint density at radius 1 is 1.19 bits per heavy atom. The molecule has 2 aliphatic heterocycles. The van der Waals surface area contributed by atoms with Gasteiger partial charge in [-0.1, -0.05) is 30.7 Å². The molecule has 168 valence electrons. The van der Waals surface area contributed by atoms with Gasteiger partial charge in [-0.2, -0.15) is 0 Å². The van der Waals surface area contributed by atoms with Crippen molar-refractivity contribution in [1.29, 1.82) is 0 Å². The first-order chi connectivity index (χ1) is 15.2. The lowest BCUT2D eigenvalue weighted by Gasteiger charge is -2.24. The first kappa shape index (κ1) is 21.8. The van der Waals surface area contributed by atoms with Gasteiger partial charge in [0.2, 0.25) is 0 Å². The summed E-state index contributed by atoms with van der Waals surface area (Å²) >= 11 is 7.61. The molecule has 2 aromatic rings. The number of Topliss-reactive ketones (excluding diaryl/α,β-unsaturated/α-hetero) is 1. The molecule has 2 fully saturated rings. The number of fused-ring (bicyclic) bond motifs is 5. The third-order valence-corrected chi connectivity index (χ3v) is 8.03. The summed E-state index contributed by atoms with van der Waals surface area (Å²) in [7, 11) is 0. The number of nitrogens with zero attached hydrogens (tertiary/aromatic N) is 1. The Morgan fingerprint density at radius 3 is 2.47 bits per heavy atom. The largest absolute Gasteiger partial charge is 0.429 e. The standard InChI is InChI=1S/C25H26ClNO4S/c1-5-16-20(27-23(32-16)12-6-8-13(26)9-7-12)19-21(28)17-14-10-11-15(30-14)18(17)22(19)31-24(29)25(2,3)4/h6-9,14-15,17-18H,5,10-11H2,1-4H3/t14-,15+,17-,18+/m1/s1. The molecule has 2 bridgehead atoms. The molecule has 32 heavy (non-hydrogen) atoms. The first-order valence-electron chi connectivity index (χ1n) is 11.1. The number of thiazole rings is 1. The number of ether oxygens (including phenoxy) is 2. The van der Waals surface area contributed by atoms with E-state index in [1.54, 1.807) is 11.3 Å². The summed E-state index contributed by atoms with van der Waals surface area (Å²) in [5.41, 5.74) is 1.40. The average molecular weight is 472 g/mol. The lowest BCUT2D eigenvalue weighted by molar-refractivity contribution is -0.149. The number of rotatable bonds is 4. The molecule has 7 heteroatoms. The molecule has 3 heterocycles. The molecule has 4 atom stereocenters. The van der Waals surface area contributed by atoms with Crippen LogP contribution in [-0.2, 0) is 25.5 Å². The molecule has 3 aliphatic rings. The highest BCUT2D eigenvalue weighted by atomic mass is 35.5. The Hall–Kier alpha value is -2.02. The summed E-state index contributed by atoms with van der Waals surface area (Å²) in [5.74, 6) is -0.353. The maximum absolute atomic E-state index is 13.7. The zero-order valence-electron chi connectivity index (χ0n) is 18.6. The number of ketones is 1. The summed E-state index contributed by atoms with van der Waals surface area (Å²) in [4.78, 5) is 32.5. The zero-order valence-corrected chi connectivity index (χ0v) is 20.2. The number of carbonyl (C=O) groups excluding carboxylic acids is 2. The van der Waals surface area contributed by atoms with Crippen LogP contribution in [0.1, 0.15) is 51.1 Å². The van der Waals surface area contributed by atoms with Crippen molar-refractivity contribution in [1.82, 2.24) is 4.98 Å². The summed E-state index contributed by atoms with van der Waals surface area (Å²) in [6, 6.07) is 7.52. The zero-order chi connectivity index (χ0) is 22.8. The summed E-state index contributed by atoms with van der Waals surface area (Å²) in [6.07, 6.45) is 2.32. The van der Waals surface area contributed by atoms with E-state index in [1.807, 2.05) is 45.0 Å². The van der Waals surface area contributed by atoms with Gasteiger partial charge >= 0.3 is 5.97 Å². The van der Waals surface area contributed by atoms with Gasteiger partial charge in [0.1, 0.15) is 10.8 Å². The van der Waals surface area contributed by atoms with Crippen molar-refractivity contribution in [2.45, 2.75) is 59.2 Å². The summed E-state index contributed by atoms with van der Waals surface area (Å²) in [5, 5.41) is 1.49. The number of aryl methyl sites for hydroxylation is 1. The van der Waals surface area contributed by atoms with Gasteiger partial charge in [0.25, 0.3) is 0 Å².